The van der Waals surface area contributed by atoms with Gasteiger partial charge in [-0.3, -0.25) is 4.79 Å². The molecule has 0 saturated heterocycles. The summed E-state index contributed by atoms with van der Waals surface area (Å²) in [7, 11) is 0. The molecule has 1 saturated carbocycles. The molecule has 1 heterocycles. The Morgan fingerprint density at radius 1 is 1.37 bits per heavy atom. The SMILES string of the molecule is O=C(O)c1coc(C(=O)NCCCC2CCCC2)c1. The predicted octanol–water partition coefficient (Wildman–Crippen LogP) is 2.68. The van der Waals surface area contributed by atoms with E-state index in [4.69, 9.17) is 9.52 Å². The van der Waals surface area contributed by atoms with Gasteiger partial charge < -0.3 is 14.8 Å². The van der Waals surface area contributed by atoms with Crippen LogP contribution in [0.15, 0.2) is 16.7 Å². The summed E-state index contributed by atoms with van der Waals surface area (Å²) in [5.74, 6) is -0.569. The van der Waals surface area contributed by atoms with Crippen LogP contribution in [0.3, 0.4) is 0 Å². The van der Waals surface area contributed by atoms with Gasteiger partial charge in [-0.05, 0) is 18.8 Å². The van der Waals surface area contributed by atoms with Gasteiger partial charge in [-0.25, -0.2) is 4.79 Å². The summed E-state index contributed by atoms with van der Waals surface area (Å²) < 4.78 is 4.93. The lowest BCUT2D eigenvalue weighted by Crippen LogP contribution is -2.24. The fraction of sp³-hybridized carbons (Fsp3) is 0.571. The second kappa shape index (κ2) is 6.41. The van der Waals surface area contributed by atoms with Crippen LogP contribution >= 0.6 is 0 Å². The summed E-state index contributed by atoms with van der Waals surface area (Å²) in [5.41, 5.74) is -0.00361. The fourth-order valence-corrected chi connectivity index (χ4v) is 2.55. The first-order valence-electron chi connectivity index (χ1n) is 6.77. The number of carboxylic acids is 1. The molecule has 2 N–H and O–H groups in total. The molecule has 0 spiro atoms. The van der Waals surface area contributed by atoms with E-state index in [0.717, 1.165) is 25.0 Å². The third-order valence-corrected chi connectivity index (χ3v) is 3.62. The van der Waals surface area contributed by atoms with Crippen LogP contribution in [0, 0.1) is 5.92 Å². The molecular weight excluding hydrogens is 246 g/mol. The van der Waals surface area contributed by atoms with E-state index in [1.165, 1.54) is 31.7 Å². The van der Waals surface area contributed by atoms with Gasteiger partial charge in [0.15, 0.2) is 5.76 Å². The minimum Gasteiger partial charge on any atom is -0.478 e. The largest absolute Gasteiger partial charge is 0.478 e. The highest BCUT2D eigenvalue weighted by molar-refractivity contribution is 5.95. The summed E-state index contributed by atoms with van der Waals surface area (Å²) >= 11 is 0. The Morgan fingerprint density at radius 2 is 2.11 bits per heavy atom. The van der Waals surface area contributed by atoms with Crippen molar-refractivity contribution in [2.45, 2.75) is 38.5 Å². The monoisotopic (exact) mass is 265 g/mol. The number of carbonyl (C=O) groups is 2. The zero-order chi connectivity index (χ0) is 13.7. The van der Waals surface area contributed by atoms with E-state index in [9.17, 15) is 9.59 Å². The van der Waals surface area contributed by atoms with Crippen LogP contribution < -0.4 is 5.32 Å². The highest BCUT2D eigenvalue weighted by atomic mass is 16.4. The molecule has 1 amide bonds. The Kier molecular flexibility index (Phi) is 4.60. The van der Waals surface area contributed by atoms with Gasteiger partial charge >= 0.3 is 5.97 Å². The van der Waals surface area contributed by atoms with E-state index < -0.39 is 5.97 Å². The maximum absolute atomic E-state index is 11.7. The molecule has 5 heteroatoms. The Morgan fingerprint density at radius 3 is 2.74 bits per heavy atom. The molecule has 1 aromatic heterocycles. The number of rotatable bonds is 6. The van der Waals surface area contributed by atoms with Crippen LogP contribution in [0.4, 0.5) is 0 Å². The molecule has 0 aliphatic heterocycles. The van der Waals surface area contributed by atoms with Crippen LogP contribution in [0.2, 0.25) is 0 Å². The van der Waals surface area contributed by atoms with Crippen LogP contribution in [-0.4, -0.2) is 23.5 Å². The summed E-state index contributed by atoms with van der Waals surface area (Å²) in [4.78, 5) is 22.3. The molecule has 19 heavy (non-hydrogen) atoms. The topological polar surface area (TPSA) is 79.5 Å². The number of furan rings is 1. The third kappa shape index (κ3) is 3.84. The molecular formula is C14H19NO4. The Balaban J connectivity index is 1.69. The number of hydrogen-bond acceptors (Lipinski definition) is 3. The minimum atomic E-state index is -1.09. The lowest BCUT2D eigenvalue weighted by Gasteiger charge is -2.08. The average molecular weight is 265 g/mol. The summed E-state index contributed by atoms with van der Waals surface area (Å²) in [6.45, 7) is 0.610. The van der Waals surface area contributed by atoms with Gasteiger partial charge in [0, 0.05) is 12.6 Å². The number of carbonyl (C=O) groups excluding carboxylic acids is 1. The van der Waals surface area contributed by atoms with Crippen molar-refractivity contribution in [1.29, 1.82) is 0 Å². The van der Waals surface area contributed by atoms with Crippen molar-refractivity contribution >= 4 is 11.9 Å². The highest BCUT2D eigenvalue weighted by Crippen LogP contribution is 2.28. The molecule has 0 aromatic carbocycles. The standard InChI is InChI=1S/C14H19NO4/c16-13(12-8-11(9-19-12)14(17)18)15-7-3-6-10-4-1-2-5-10/h8-10H,1-7H2,(H,15,16)(H,17,18). The lowest BCUT2D eigenvalue weighted by molar-refractivity contribution is 0.0696. The van der Waals surface area contributed by atoms with E-state index in [-0.39, 0.29) is 17.2 Å². The van der Waals surface area contributed by atoms with Gasteiger partial charge in [0.05, 0.1) is 5.56 Å². The van der Waals surface area contributed by atoms with Crippen molar-refractivity contribution in [2.75, 3.05) is 6.54 Å². The molecule has 0 radical (unpaired) electrons. The van der Waals surface area contributed by atoms with Gasteiger partial charge in [0.2, 0.25) is 0 Å². The van der Waals surface area contributed by atoms with Crippen LogP contribution in [0.25, 0.3) is 0 Å². The maximum Gasteiger partial charge on any atom is 0.338 e. The van der Waals surface area contributed by atoms with Crippen LogP contribution in [0.5, 0.6) is 0 Å². The normalized spacial score (nSPS) is 15.6. The number of nitrogens with one attached hydrogen (secondary N) is 1. The Labute approximate surface area is 112 Å². The van der Waals surface area contributed by atoms with E-state index in [1.807, 2.05) is 0 Å². The molecule has 1 aliphatic rings. The molecule has 5 nitrogen and oxygen atoms in total. The van der Waals surface area contributed by atoms with Gasteiger partial charge in [0.1, 0.15) is 6.26 Å². The summed E-state index contributed by atoms with van der Waals surface area (Å²) in [5, 5.41) is 11.5. The minimum absolute atomic E-state index is 0.00361. The average Bonchev–Trinajstić information content (AvgIpc) is 3.05. The molecule has 0 atom stereocenters. The number of hydrogen-bond donors (Lipinski definition) is 2. The van der Waals surface area contributed by atoms with Crippen molar-refractivity contribution in [1.82, 2.24) is 5.32 Å². The quantitative estimate of drug-likeness (QED) is 0.775. The van der Waals surface area contributed by atoms with Crippen molar-refractivity contribution in [3.8, 4) is 0 Å². The molecule has 104 valence electrons. The predicted molar refractivity (Wildman–Crippen MR) is 69.2 cm³/mol. The first-order chi connectivity index (χ1) is 9.16. The number of carboxylic acid groups (broad SMARTS) is 1. The second-order valence-corrected chi connectivity index (χ2v) is 5.05. The molecule has 0 unspecified atom stereocenters. The van der Waals surface area contributed by atoms with Crippen LogP contribution in [-0.2, 0) is 0 Å². The van der Waals surface area contributed by atoms with E-state index >= 15 is 0 Å². The van der Waals surface area contributed by atoms with Gasteiger partial charge in [-0.2, -0.15) is 0 Å². The molecule has 1 fully saturated rings. The summed E-state index contributed by atoms with van der Waals surface area (Å²) in [6.07, 6.45) is 8.49. The van der Waals surface area contributed by atoms with Crippen molar-refractivity contribution in [3.05, 3.63) is 23.7 Å². The van der Waals surface area contributed by atoms with Crippen LogP contribution in [0.1, 0.15) is 59.4 Å². The van der Waals surface area contributed by atoms with Crippen molar-refractivity contribution < 1.29 is 19.1 Å². The van der Waals surface area contributed by atoms with E-state index in [2.05, 4.69) is 5.32 Å². The smallest absolute Gasteiger partial charge is 0.338 e. The number of amides is 1. The van der Waals surface area contributed by atoms with Gasteiger partial charge in [0.25, 0.3) is 5.91 Å². The first-order valence-corrected chi connectivity index (χ1v) is 6.77. The van der Waals surface area contributed by atoms with Crippen molar-refractivity contribution in [2.24, 2.45) is 5.92 Å². The molecule has 1 aromatic rings. The number of aromatic carboxylic acids is 1. The Bertz CT molecular complexity index is 446. The molecule has 2 rings (SSSR count). The Hall–Kier alpha value is -1.78. The molecule has 1 aliphatic carbocycles. The zero-order valence-corrected chi connectivity index (χ0v) is 10.9. The van der Waals surface area contributed by atoms with E-state index in [1.54, 1.807) is 0 Å². The lowest BCUT2D eigenvalue weighted by atomic mass is 10.0. The van der Waals surface area contributed by atoms with Gasteiger partial charge in [-0.1, -0.05) is 25.7 Å². The fourth-order valence-electron chi connectivity index (χ4n) is 2.55. The van der Waals surface area contributed by atoms with Gasteiger partial charge in [-0.15, -0.1) is 0 Å². The molecule has 0 bridgehead atoms. The first kappa shape index (κ1) is 13.6. The van der Waals surface area contributed by atoms with Crippen molar-refractivity contribution in [3.63, 3.8) is 0 Å². The highest BCUT2D eigenvalue weighted by Gasteiger charge is 2.16. The zero-order valence-electron chi connectivity index (χ0n) is 10.9. The third-order valence-electron chi connectivity index (χ3n) is 3.62. The second-order valence-electron chi connectivity index (χ2n) is 5.05. The van der Waals surface area contributed by atoms with E-state index in [0.29, 0.717) is 6.54 Å². The maximum atomic E-state index is 11.7. The summed E-state index contributed by atoms with van der Waals surface area (Å²) in [6, 6.07) is 1.24.